The van der Waals surface area contributed by atoms with E-state index >= 15 is 0 Å². The Kier molecular flexibility index (Phi) is 103. The van der Waals surface area contributed by atoms with Crippen LogP contribution in [0.5, 0.6) is 0 Å². The van der Waals surface area contributed by atoms with Gasteiger partial charge in [-0.2, -0.15) is 0 Å². The van der Waals surface area contributed by atoms with E-state index in [4.69, 9.17) is 73.2 Å². The summed E-state index contributed by atoms with van der Waals surface area (Å²) in [5.74, 6) is 5.02. The molecule has 0 amide bonds. The summed E-state index contributed by atoms with van der Waals surface area (Å²) in [6.07, 6.45) is 81.4. The van der Waals surface area contributed by atoms with Crippen LogP contribution < -0.4 is 34.7 Å². The number of carboxylic acid groups (broad SMARTS) is 2. The van der Waals surface area contributed by atoms with Crippen LogP contribution in [-0.2, 0) is 90.7 Å². The molecule has 0 saturated heterocycles. The number of carbonyl (C=O) groups is 10. The average molecular weight is 2120 g/mol. The molecule has 4 N–H and O–H groups in total. The molecular formula is C113H197Br2NaO24. The molecule has 0 radical (unpaired) electrons. The molecule has 24 nitrogen and oxygen atoms in total. The van der Waals surface area contributed by atoms with Crippen LogP contribution in [0.25, 0.3) is 0 Å². The summed E-state index contributed by atoms with van der Waals surface area (Å²) >= 11 is 6.79. The van der Waals surface area contributed by atoms with Crippen molar-refractivity contribution in [3.05, 3.63) is 63.5 Å². The van der Waals surface area contributed by atoms with Crippen LogP contribution in [0.1, 0.15) is 431 Å². The zero-order chi connectivity index (χ0) is 103. The van der Waals surface area contributed by atoms with Gasteiger partial charge in [0.15, 0.2) is 6.79 Å². The number of ketones is 2. The molecule has 0 aromatic heterocycles. The fourth-order valence-corrected chi connectivity index (χ4v) is 20.8. The van der Waals surface area contributed by atoms with Crippen molar-refractivity contribution in [2.75, 3.05) is 70.8 Å². The number of methoxy groups -OCH3 is 1. The Balaban J connectivity index is -0.00000160. The van der Waals surface area contributed by atoms with Crippen molar-refractivity contribution in [3.8, 4) is 0 Å². The van der Waals surface area contributed by atoms with Gasteiger partial charge in [-0.05, 0) is 297 Å². The molecular weight excluding hydrogens is 1920 g/mol. The summed E-state index contributed by atoms with van der Waals surface area (Å²) in [6, 6.07) is 0. The monoisotopic (exact) mass is 2120 g/mol. The van der Waals surface area contributed by atoms with E-state index in [1.54, 1.807) is 6.08 Å². The second-order valence-corrected chi connectivity index (χ2v) is 40.6. The number of hydrogen-bond donors (Lipinski definition) is 4. The fourth-order valence-electron chi connectivity index (χ4n) is 20.0. The minimum Gasteiger partial charge on any atom is -0.545 e. The zero-order valence-corrected chi connectivity index (χ0v) is 93.4. The number of rotatable bonds is 61. The zero-order valence-electron chi connectivity index (χ0n) is 88.2. The minimum atomic E-state index is -1.23. The molecule has 0 spiro atoms. The van der Waals surface area contributed by atoms with Crippen LogP contribution in [0, 0.1) is 65.1 Å². The van der Waals surface area contributed by atoms with Gasteiger partial charge >= 0.3 is 53.4 Å². The predicted octanol–water partition coefficient (Wildman–Crippen LogP) is 23.2. The Morgan fingerprint density at radius 1 is 0.414 bits per heavy atom. The number of aliphatic hydroxyl groups excluding tert-OH is 2. The van der Waals surface area contributed by atoms with Crippen LogP contribution in [0.15, 0.2) is 63.5 Å². The number of hydrogen-bond acceptors (Lipinski definition) is 23. The van der Waals surface area contributed by atoms with Crippen LogP contribution in [0.4, 0.5) is 0 Å². The van der Waals surface area contributed by atoms with Gasteiger partial charge in [0.05, 0.1) is 62.7 Å². The Morgan fingerprint density at radius 2 is 0.743 bits per heavy atom. The van der Waals surface area contributed by atoms with Gasteiger partial charge in [0.2, 0.25) is 0 Å². The molecule has 1 unspecified atom stereocenters. The molecule has 1 atom stereocenters. The first-order chi connectivity index (χ1) is 67.7. The summed E-state index contributed by atoms with van der Waals surface area (Å²) in [5.41, 5.74) is 0. The quantitative estimate of drug-likeness (QED) is 0.00357. The molecule has 0 aromatic rings. The van der Waals surface area contributed by atoms with Gasteiger partial charge in [-0.1, -0.05) is 226 Å². The molecule has 0 aliphatic heterocycles. The molecule has 8 aliphatic carbocycles. The molecule has 140 heavy (non-hydrogen) atoms. The van der Waals surface area contributed by atoms with E-state index in [0.29, 0.717) is 81.0 Å². The van der Waals surface area contributed by atoms with E-state index in [9.17, 15) is 38.4 Å². The maximum atomic E-state index is 12.5. The number of carboxylic acids is 2. The number of esters is 3. The largest absolute Gasteiger partial charge is 1.00 e. The Morgan fingerprint density at radius 3 is 1.09 bits per heavy atom. The van der Waals surface area contributed by atoms with Gasteiger partial charge in [-0.15, -0.1) is 6.58 Å². The van der Waals surface area contributed by atoms with Crippen molar-refractivity contribution in [3.63, 3.8) is 0 Å². The first kappa shape index (κ1) is 140. The van der Waals surface area contributed by atoms with Crippen molar-refractivity contribution < 1.29 is 146 Å². The first-order valence-electron chi connectivity index (χ1n) is 54.6. The second-order valence-electron chi connectivity index (χ2n) is 39.0. The molecule has 0 heterocycles. The summed E-state index contributed by atoms with van der Waals surface area (Å²) in [5, 5.41) is 46.0. The normalized spacial score (nSPS) is 22.2. The first-order valence-corrected chi connectivity index (χ1v) is 56.8. The number of aliphatic carboxylic acids is 2. The summed E-state index contributed by atoms with van der Waals surface area (Å²) in [4.78, 5) is 109. The number of halogens is 2. The minimum absolute atomic E-state index is 0. The fraction of sp³-hybridized carbons (Fsp3) is 0.823. The molecule has 0 aromatic carbocycles. The topological polar surface area (TPSA) is 358 Å². The van der Waals surface area contributed by atoms with Crippen LogP contribution in [-0.4, -0.2) is 177 Å². The van der Waals surface area contributed by atoms with E-state index in [1.165, 1.54) is 204 Å². The van der Waals surface area contributed by atoms with Gasteiger partial charge in [0.1, 0.15) is 36.8 Å². The SMILES string of the molecule is C=CC(=O)OCCCCCCCC.C=CC(=O)OCCCCCCCO.C=CC(=O)[O-].C=COCOCCCCCCCOC(=O)C1CCC(C2CCC(OCCCCCCCC(C=C)OO)CC2)CC1.C=O.CCCCCCCCBr.COC1CCC(C2CCC(C=O)CC2)CC1.O=C1CCC(C2CCC(=O)CC2)CC1.O=COC1CCC(C2CCC(C(=O)O)CC2)CC1.OCCCCCCCBr.[Na+]. The van der Waals surface area contributed by atoms with Crippen LogP contribution in [0.3, 0.4) is 0 Å². The number of ether oxygens (including phenoxy) is 8. The van der Waals surface area contributed by atoms with Gasteiger partial charge < -0.3 is 72.7 Å². The van der Waals surface area contributed by atoms with Gasteiger partial charge in [-0.25, -0.2) is 14.5 Å². The molecule has 0 bridgehead atoms. The average Bonchev–Trinajstić information content (AvgIpc) is 0.858. The van der Waals surface area contributed by atoms with Crippen LogP contribution >= 0.6 is 31.9 Å². The Hall–Kier alpha value is -4.32. The van der Waals surface area contributed by atoms with E-state index in [0.717, 1.165) is 297 Å². The number of aliphatic hydroxyl groups is 2. The summed E-state index contributed by atoms with van der Waals surface area (Å²) in [7, 11) is 1.83. The van der Waals surface area contributed by atoms with E-state index in [2.05, 4.69) is 83.5 Å². The second kappa shape index (κ2) is 103. The third-order valence-corrected chi connectivity index (χ3v) is 29.8. The van der Waals surface area contributed by atoms with Crippen LogP contribution in [0.2, 0.25) is 0 Å². The van der Waals surface area contributed by atoms with Crippen molar-refractivity contribution in [1.29, 1.82) is 0 Å². The maximum absolute atomic E-state index is 12.5. The number of alkyl halides is 2. The van der Waals surface area contributed by atoms with E-state index in [1.807, 2.05) is 13.9 Å². The molecule has 27 heteroatoms. The molecule has 8 aliphatic rings. The van der Waals surface area contributed by atoms with Gasteiger partial charge in [0, 0.05) is 81.3 Å². The third kappa shape index (κ3) is 80.8. The van der Waals surface area contributed by atoms with Crippen molar-refractivity contribution in [2.45, 2.75) is 456 Å². The predicted molar refractivity (Wildman–Crippen MR) is 562 cm³/mol. The number of aldehydes is 1. The number of carbonyl (C=O) groups excluding carboxylic acids is 9. The van der Waals surface area contributed by atoms with Gasteiger partial charge in [0.25, 0.3) is 6.47 Å². The smallest absolute Gasteiger partial charge is 0.545 e. The Bertz CT molecular complexity index is 2850. The molecule has 8 saturated carbocycles. The van der Waals surface area contributed by atoms with E-state index in [-0.39, 0.29) is 84.9 Å². The number of Topliss-reactive ketones (excluding diaryl/α,β-unsaturated/α-hetero) is 2. The summed E-state index contributed by atoms with van der Waals surface area (Å²) < 4.78 is 42.1. The third-order valence-electron chi connectivity index (χ3n) is 28.7. The standard InChI is InChI=1S/C33H58O7.C14H22O4.C14H24O2.C12H18O2.C11H20O2.C10H18O3.C8H17Br.C7H15BrO.C3H4O2.CH2O.Na/c1-3-31(40-35)15-11-7-5-9-13-25-38-32-22-20-29(21-23-32)28-16-18-30(19-17-28)33(34)39-26-14-10-6-8-12-24-37-27-36-4-2;15-9-18-13-7-5-11(6-8-13)10-1-3-12(4-2-10)14(16)17;1-16-14-8-6-13(7-9-14)12-4-2-11(10-15)3-5-12;13-11-5-1-9(2-6-11)10-3-7-12(14)8-4-10;1-3-5-6-7-8-9-10-13-11(12)4-2;1-2-10(12)13-9-7-5-3-4-6-8-11;1-2-3-4-5-6-7-8-9;8-6-4-2-1-3-5-7-9;1-2-3(4)5;1-2;/h3-4,28-32,35H,1-2,5-27H2;9-13H,1-8H2,(H,16,17);10-14H,2-9H2,1H3;9-10H,1-8H2;4H,2-3,5-10H2,1H3;2,11H,1,3-9H2;2-8H2,1H3;9H,1-7H2;2H,1H2,(H,4,5);1H2;/q;;;;;;;;;;+1/p-1. The Labute approximate surface area is 887 Å². The van der Waals surface area contributed by atoms with Gasteiger partial charge in [-0.3, -0.25) is 29.2 Å². The van der Waals surface area contributed by atoms with Crippen molar-refractivity contribution in [1.82, 2.24) is 0 Å². The molecule has 8 rings (SSSR count). The number of unbranched alkanes of at least 4 members (excludes halogenated alkanes) is 26. The van der Waals surface area contributed by atoms with E-state index < -0.39 is 11.9 Å². The van der Waals surface area contributed by atoms with Crippen molar-refractivity contribution >= 4 is 92.8 Å². The maximum Gasteiger partial charge on any atom is 1.00 e. The summed E-state index contributed by atoms with van der Waals surface area (Å²) in [6.45, 7) is 27.7. The molecule has 8 fully saturated rings. The molecule has 808 valence electrons. The van der Waals surface area contributed by atoms with Crippen molar-refractivity contribution in [2.24, 2.45) is 65.1 Å².